The summed E-state index contributed by atoms with van der Waals surface area (Å²) in [7, 11) is -3.54. The highest BCUT2D eigenvalue weighted by Crippen LogP contribution is 2.35. The maximum Gasteiger partial charge on any atom is 0.263 e. The van der Waals surface area contributed by atoms with Gasteiger partial charge in [0.1, 0.15) is 18.1 Å². The van der Waals surface area contributed by atoms with Gasteiger partial charge in [-0.3, -0.25) is 9.10 Å². The van der Waals surface area contributed by atoms with E-state index in [9.17, 15) is 13.2 Å². The van der Waals surface area contributed by atoms with Crippen LogP contribution in [0.4, 0.5) is 5.69 Å². The van der Waals surface area contributed by atoms with Gasteiger partial charge in [0.2, 0.25) is 10.0 Å². The molecule has 1 aliphatic heterocycles. The minimum absolute atomic E-state index is 0.0697. The number of nitrogens with one attached hydrogen (secondary N) is 1. The lowest BCUT2D eigenvalue weighted by atomic mass is 10.1. The molecule has 2 aromatic rings. The van der Waals surface area contributed by atoms with Crippen LogP contribution in [0.25, 0.3) is 0 Å². The number of anilines is 1. The van der Waals surface area contributed by atoms with Crippen molar-refractivity contribution in [2.24, 2.45) is 0 Å². The lowest BCUT2D eigenvalue weighted by Gasteiger charge is -2.34. The smallest absolute Gasteiger partial charge is 0.263 e. The number of amides is 1. The van der Waals surface area contributed by atoms with Gasteiger partial charge in [0, 0.05) is 0 Å². The van der Waals surface area contributed by atoms with Gasteiger partial charge in [-0.1, -0.05) is 24.3 Å². The van der Waals surface area contributed by atoms with Crippen LogP contribution in [0.1, 0.15) is 11.1 Å². The van der Waals surface area contributed by atoms with E-state index in [4.69, 9.17) is 9.47 Å². The van der Waals surface area contributed by atoms with Crippen molar-refractivity contribution < 1.29 is 22.7 Å². The molecule has 1 atom stereocenters. The molecule has 1 aliphatic rings. The number of nitrogens with zero attached hydrogens (tertiary/aromatic N) is 1. The van der Waals surface area contributed by atoms with Gasteiger partial charge < -0.3 is 14.8 Å². The Labute approximate surface area is 165 Å². The molecule has 0 unspecified atom stereocenters. The van der Waals surface area contributed by atoms with E-state index < -0.39 is 16.1 Å². The number of ether oxygens (including phenoxy) is 2. The molecule has 3 rings (SSSR count). The summed E-state index contributed by atoms with van der Waals surface area (Å²) < 4.78 is 37.0. The van der Waals surface area contributed by atoms with E-state index in [-0.39, 0.29) is 19.0 Å². The van der Waals surface area contributed by atoms with Crippen LogP contribution in [0.3, 0.4) is 0 Å². The number of carbonyl (C=O) groups is 1. The van der Waals surface area contributed by atoms with Gasteiger partial charge in [-0.25, -0.2) is 8.42 Å². The minimum Gasteiger partial charge on any atom is -0.491 e. The largest absolute Gasteiger partial charge is 0.491 e. The zero-order valence-electron chi connectivity index (χ0n) is 16.1. The fraction of sp³-hybridized carbons (Fsp3) is 0.350. The summed E-state index contributed by atoms with van der Waals surface area (Å²) in [6, 6.07) is 12.9. The first-order valence-electron chi connectivity index (χ1n) is 8.97. The van der Waals surface area contributed by atoms with E-state index in [1.807, 2.05) is 44.2 Å². The summed E-state index contributed by atoms with van der Waals surface area (Å²) >= 11 is 0. The Kier molecular flexibility index (Phi) is 5.79. The van der Waals surface area contributed by atoms with Gasteiger partial charge >= 0.3 is 0 Å². The highest BCUT2D eigenvalue weighted by Gasteiger charge is 2.34. The number of hydrogen-bond donors (Lipinski definition) is 1. The van der Waals surface area contributed by atoms with Crippen molar-refractivity contribution in [3.63, 3.8) is 0 Å². The Morgan fingerprint density at radius 2 is 2.00 bits per heavy atom. The molecule has 0 aliphatic carbocycles. The van der Waals surface area contributed by atoms with Crippen LogP contribution in [-0.2, 0) is 14.8 Å². The van der Waals surface area contributed by atoms with E-state index in [1.165, 1.54) is 4.31 Å². The molecule has 0 fully saturated rings. The standard InChI is InChI=1S/C20H24N2O5S/c1-14-8-9-18-16(12-14)22(28(3,24)25)13-19(27-18)20(23)21-10-11-26-17-7-5-4-6-15(17)2/h4-9,12,19H,10-11,13H2,1-3H3,(H,21,23)/t19-/m1/s1. The second-order valence-electron chi connectivity index (χ2n) is 6.78. The van der Waals surface area contributed by atoms with E-state index in [0.29, 0.717) is 18.0 Å². The SMILES string of the molecule is Cc1ccc2c(c1)N(S(C)(=O)=O)C[C@H](C(=O)NCCOc1ccccc1C)O2. The Hall–Kier alpha value is -2.74. The Morgan fingerprint density at radius 3 is 2.71 bits per heavy atom. The van der Waals surface area contributed by atoms with Crippen molar-refractivity contribution in [3.05, 3.63) is 53.6 Å². The summed E-state index contributed by atoms with van der Waals surface area (Å²) in [5.74, 6) is 0.755. The molecule has 1 amide bonds. The molecule has 0 spiro atoms. The molecule has 0 radical (unpaired) electrons. The maximum absolute atomic E-state index is 12.5. The van der Waals surface area contributed by atoms with Crippen LogP contribution in [0, 0.1) is 13.8 Å². The average molecular weight is 404 g/mol. The molecule has 0 saturated carbocycles. The van der Waals surface area contributed by atoms with E-state index in [2.05, 4.69) is 5.32 Å². The first-order chi connectivity index (χ1) is 13.3. The summed E-state index contributed by atoms with van der Waals surface area (Å²) in [5.41, 5.74) is 2.38. The molecule has 7 nitrogen and oxygen atoms in total. The summed E-state index contributed by atoms with van der Waals surface area (Å²) in [6.07, 6.45) is 0.193. The van der Waals surface area contributed by atoms with Gasteiger partial charge in [0.25, 0.3) is 5.91 Å². The van der Waals surface area contributed by atoms with Gasteiger partial charge in [-0.15, -0.1) is 0 Å². The third-order valence-electron chi connectivity index (χ3n) is 4.43. The fourth-order valence-corrected chi connectivity index (χ4v) is 3.89. The summed E-state index contributed by atoms with van der Waals surface area (Å²) in [4.78, 5) is 12.5. The van der Waals surface area contributed by atoms with Crippen LogP contribution < -0.4 is 19.1 Å². The Balaban J connectivity index is 1.63. The average Bonchev–Trinajstić information content (AvgIpc) is 2.64. The lowest BCUT2D eigenvalue weighted by Crippen LogP contribution is -2.51. The van der Waals surface area contributed by atoms with Crippen molar-refractivity contribution in [1.82, 2.24) is 5.32 Å². The zero-order valence-corrected chi connectivity index (χ0v) is 17.0. The van der Waals surface area contributed by atoms with E-state index in [0.717, 1.165) is 23.1 Å². The Morgan fingerprint density at radius 1 is 1.25 bits per heavy atom. The number of para-hydroxylation sites is 1. The first-order valence-corrected chi connectivity index (χ1v) is 10.8. The van der Waals surface area contributed by atoms with Crippen LogP contribution in [0.15, 0.2) is 42.5 Å². The molecule has 28 heavy (non-hydrogen) atoms. The van der Waals surface area contributed by atoms with Crippen molar-refractivity contribution in [3.8, 4) is 11.5 Å². The monoisotopic (exact) mass is 404 g/mol. The van der Waals surface area contributed by atoms with Crippen molar-refractivity contribution >= 4 is 21.6 Å². The lowest BCUT2D eigenvalue weighted by molar-refractivity contribution is -0.127. The van der Waals surface area contributed by atoms with E-state index >= 15 is 0 Å². The molecule has 8 heteroatoms. The highest BCUT2D eigenvalue weighted by molar-refractivity contribution is 7.92. The van der Waals surface area contributed by atoms with Gasteiger partial charge in [-0.05, 0) is 43.2 Å². The third-order valence-corrected chi connectivity index (χ3v) is 5.58. The van der Waals surface area contributed by atoms with Gasteiger partial charge in [0.05, 0.1) is 25.0 Å². The van der Waals surface area contributed by atoms with E-state index in [1.54, 1.807) is 12.1 Å². The number of sulfonamides is 1. The molecule has 0 aromatic heterocycles. The quantitative estimate of drug-likeness (QED) is 0.745. The molecule has 1 N–H and O–H groups in total. The zero-order chi connectivity index (χ0) is 20.3. The van der Waals surface area contributed by atoms with Gasteiger partial charge in [0.15, 0.2) is 6.10 Å². The van der Waals surface area contributed by atoms with Crippen molar-refractivity contribution in [2.45, 2.75) is 20.0 Å². The number of rotatable bonds is 6. The summed E-state index contributed by atoms with van der Waals surface area (Å²) in [5, 5.41) is 2.75. The first kappa shape index (κ1) is 20.0. The fourth-order valence-electron chi connectivity index (χ4n) is 2.98. The predicted octanol–water partition coefficient (Wildman–Crippen LogP) is 2.03. The molecule has 2 aromatic carbocycles. The highest BCUT2D eigenvalue weighted by atomic mass is 32.2. The number of hydrogen-bond acceptors (Lipinski definition) is 5. The minimum atomic E-state index is -3.54. The van der Waals surface area contributed by atoms with Crippen LogP contribution in [0.5, 0.6) is 11.5 Å². The Bertz CT molecular complexity index is 974. The van der Waals surface area contributed by atoms with Crippen molar-refractivity contribution in [1.29, 1.82) is 0 Å². The van der Waals surface area contributed by atoms with Crippen LogP contribution in [0.2, 0.25) is 0 Å². The molecule has 0 bridgehead atoms. The van der Waals surface area contributed by atoms with Crippen LogP contribution >= 0.6 is 0 Å². The number of fused-ring (bicyclic) bond motifs is 1. The number of aryl methyl sites for hydroxylation is 2. The predicted molar refractivity (Wildman–Crippen MR) is 107 cm³/mol. The topological polar surface area (TPSA) is 84.9 Å². The number of benzene rings is 2. The molecular formula is C20H24N2O5S. The second kappa shape index (κ2) is 8.10. The molecular weight excluding hydrogens is 380 g/mol. The van der Waals surface area contributed by atoms with Gasteiger partial charge in [-0.2, -0.15) is 0 Å². The maximum atomic E-state index is 12.5. The molecule has 1 heterocycles. The molecule has 150 valence electrons. The number of carbonyl (C=O) groups excluding carboxylic acids is 1. The third kappa shape index (κ3) is 4.56. The molecule has 0 saturated heterocycles. The van der Waals surface area contributed by atoms with Crippen LogP contribution in [-0.4, -0.2) is 46.4 Å². The second-order valence-corrected chi connectivity index (χ2v) is 8.68. The van der Waals surface area contributed by atoms with Crippen molar-refractivity contribution in [2.75, 3.05) is 30.3 Å². The normalized spacial score (nSPS) is 16.1. The summed E-state index contributed by atoms with van der Waals surface area (Å²) in [6.45, 7) is 4.33.